The van der Waals surface area contributed by atoms with Crippen LogP contribution in [0.2, 0.25) is 0 Å². The first-order valence-electron chi connectivity index (χ1n) is 6.17. The van der Waals surface area contributed by atoms with E-state index in [1.165, 1.54) is 0 Å². The van der Waals surface area contributed by atoms with E-state index < -0.39 is 0 Å². The van der Waals surface area contributed by atoms with Gasteiger partial charge in [0.15, 0.2) is 0 Å². The average molecular weight is 335 g/mol. The molecule has 0 aliphatic carbocycles. The highest BCUT2D eigenvalue weighted by Crippen LogP contribution is 2.15. The number of anilines is 2. The number of carbonyl (C=O) groups excluding carboxylic acids is 1. The van der Waals surface area contributed by atoms with E-state index in [-0.39, 0.29) is 5.91 Å². The van der Waals surface area contributed by atoms with Gasteiger partial charge in [0.1, 0.15) is 5.75 Å². The van der Waals surface area contributed by atoms with Crippen LogP contribution in [-0.2, 0) is 4.79 Å². The van der Waals surface area contributed by atoms with Gasteiger partial charge in [0.2, 0.25) is 5.91 Å². The quantitative estimate of drug-likeness (QED) is 0.823. The van der Waals surface area contributed by atoms with Crippen molar-refractivity contribution in [1.29, 1.82) is 0 Å². The van der Waals surface area contributed by atoms with Crippen molar-refractivity contribution >= 4 is 33.2 Å². The summed E-state index contributed by atoms with van der Waals surface area (Å²) in [6.07, 6.45) is 0.292. The number of nitrogens with two attached hydrogens (primary N) is 1. The van der Waals surface area contributed by atoms with Crippen LogP contribution in [0, 0.1) is 0 Å². The third-order valence-electron chi connectivity index (χ3n) is 2.61. The number of hydrogen-bond donors (Lipinski definition) is 2. The predicted molar refractivity (Wildman–Crippen MR) is 83.7 cm³/mol. The molecule has 0 radical (unpaired) electrons. The van der Waals surface area contributed by atoms with E-state index in [9.17, 15) is 4.79 Å². The molecule has 0 spiro atoms. The topological polar surface area (TPSA) is 64.3 Å². The van der Waals surface area contributed by atoms with Gasteiger partial charge < -0.3 is 15.8 Å². The Bertz CT molecular complexity index is 567. The molecule has 104 valence electrons. The normalized spacial score (nSPS) is 10.1. The van der Waals surface area contributed by atoms with Crippen molar-refractivity contribution in [2.24, 2.45) is 0 Å². The lowest BCUT2D eigenvalue weighted by Crippen LogP contribution is -2.15. The Morgan fingerprint density at radius 2 is 1.75 bits per heavy atom. The molecule has 0 saturated heterocycles. The number of nitrogen functional groups attached to an aromatic ring is 1. The molecular weight excluding hydrogens is 320 g/mol. The van der Waals surface area contributed by atoms with Crippen LogP contribution in [0.15, 0.2) is 53.0 Å². The Morgan fingerprint density at radius 1 is 1.10 bits per heavy atom. The monoisotopic (exact) mass is 334 g/mol. The Balaban J connectivity index is 1.75. The fraction of sp³-hybridized carbons (Fsp3) is 0.133. The van der Waals surface area contributed by atoms with Gasteiger partial charge in [-0.2, -0.15) is 0 Å². The highest BCUT2D eigenvalue weighted by molar-refractivity contribution is 9.10. The molecule has 2 aromatic rings. The summed E-state index contributed by atoms with van der Waals surface area (Å²) >= 11 is 3.34. The molecule has 1 amide bonds. The van der Waals surface area contributed by atoms with E-state index in [0.717, 1.165) is 10.2 Å². The van der Waals surface area contributed by atoms with E-state index in [1.54, 1.807) is 24.3 Å². The Hall–Kier alpha value is -2.01. The molecule has 2 rings (SSSR count). The average Bonchev–Trinajstić information content (AvgIpc) is 2.44. The summed E-state index contributed by atoms with van der Waals surface area (Å²) in [7, 11) is 0. The van der Waals surface area contributed by atoms with Crippen LogP contribution in [0.5, 0.6) is 5.75 Å². The fourth-order valence-electron chi connectivity index (χ4n) is 1.58. The molecule has 3 N–H and O–H groups in total. The number of nitrogens with one attached hydrogen (secondary N) is 1. The summed E-state index contributed by atoms with van der Waals surface area (Å²) in [6, 6.07) is 14.5. The van der Waals surface area contributed by atoms with Gasteiger partial charge in [0, 0.05) is 15.8 Å². The van der Waals surface area contributed by atoms with E-state index in [4.69, 9.17) is 10.5 Å². The molecule has 0 aliphatic rings. The van der Waals surface area contributed by atoms with Crippen molar-refractivity contribution in [3.8, 4) is 5.75 Å². The third-order valence-corrected chi connectivity index (χ3v) is 3.13. The second-order valence-corrected chi connectivity index (χ2v) is 5.14. The molecule has 0 unspecified atom stereocenters. The van der Waals surface area contributed by atoms with Gasteiger partial charge in [0.25, 0.3) is 0 Å². The van der Waals surface area contributed by atoms with Crippen molar-refractivity contribution in [1.82, 2.24) is 0 Å². The van der Waals surface area contributed by atoms with Crippen LogP contribution in [0.4, 0.5) is 11.4 Å². The Labute approximate surface area is 126 Å². The third kappa shape index (κ3) is 4.59. The first-order chi connectivity index (χ1) is 9.63. The van der Waals surface area contributed by atoms with Crippen LogP contribution in [0.1, 0.15) is 6.42 Å². The van der Waals surface area contributed by atoms with E-state index in [1.807, 2.05) is 24.3 Å². The van der Waals surface area contributed by atoms with Gasteiger partial charge in [-0.25, -0.2) is 0 Å². The minimum absolute atomic E-state index is 0.0808. The molecule has 0 fully saturated rings. The summed E-state index contributed by atoms with van der Waals surface area (Å²) in [5.74, 6) is 0.624. The second kappa shape index (κ2) is 6.96. The Morgan fingerprint density at radius 3 is 2.40 bits per heavy atom. The molecule has 4 nitrogen and oxygen atoms in total. The second-order valence-electron chi connectivity index (χ2n) is 4.22. The molecule has 20 heavy (non-hydrogen) atoms. The Kier molecular flexibility index (Phi) is 5.01. The number of amides is 1. The van der Waals surface area contributed by atoms with Gasteiger partial charge in [-0.15, -0.1) is 0 Å². The smallest absolute Gasteiger partial charge is 0.227 e. The lowest BCUT2D eigenvalue weighted by atomic mass is 10.3. The number of halogens is 1. The predicted octanol–water partition coefficient (Wildman–Crippen LogP) is 3.44. The SMILES string of the molecule is Nc1ccc(OCCC(=O)Nc2ccc(Br)cc2)cc1. The number of ether oxygens (including phenoxy) is 1. The minimum Gasteiger partial charge on any atom is -0.493 e. The highest BCUT2D eigenvalue weighted by Gasteiger charge is 2.03. The summed E-state index contributed by atoms with van der Waals surface area (Å²) in [5, 5.41) is 2.80. The van der Waals surface area contributed by atoms with Crippen molar-refractivity contribution in [2.75, 3.05) is 17.7 Å². The van der Waals surface area contributed by atoms with E-state index >= 15 is 0 Å². The summed E-state index contributed by atoms with van der Waals surface area (Å²) in [4.78, 5) is 11.7. The molecule has 0 heterocycles. The largest absolute Gasteiger partial charge is 0.493 e. The lowest BCUT2D eigenvalue weighted by Gasteiger charge is -2.07. The molecular formula is C15H15BrN2O2. The number of rotatable bonds is 5. The maximum Gasteiger partial charge on any atom is 0.227 e. The van der Waals surface area contributed by atoms with Gasteiger partial charge >= 0.3 is 0 Å². The maximum atomic E-state index is 11.7. The van der Waals surface area contributed by atoms with Gasteiger partial charge in [-0.05, 0) is 48.5 Å². The zero-order valence-electron chi connectivity index (χ0n) is 10.8. The zero-order chi connectivity index (χ0) is 14.4. The molecule has 0 saturated carbocycles. The van der Waals surface area contributed by atoms with E-state index in [2.05, 4.69) is 21.2 Å². The lowest BCUT2D eigenvalue weighted by molar-refractivity contribution is -0.116. The van der Waals surface area contributed by atoms with Crippen molar-refractivity contribution < 1.29 is 9.53 Å². The fourth-order valence-corrected chi connectivity index (χ4v) is 1.85. The number of benzene rings is 2. The van der Waals surface area contributed by atoms with Crippen LogP contribution in [0.3, 0.4) is 0 Å². The van der Waals surface area contributed by atoms with Crippen LogP contribution >= 0.6 is 15.9 Å². The highest BCUT2D eigenvalue weighted by atomic mass is 79.9. The number of hydrogen-bond acceptors (Lipinski definition) is 3. The molecule has 2 aromatic carbocycles. The molecule has 0 aromatic heterocycles. The van der Waals surface area contributed by atoms with Gasteiger partial charge in [-0.3, -0.25) is 4.79 Å². The number of carbonyl (C=O) groups is 1. The minimum atomic E-state index is -0.0808. The molecule has 0 atom stereocenters. The molecule has 0 bridgehead atoms. The summed E-state index contributed by atoms with van der Waals surface area (Å²) in [5.41, 5.74) is 7.03. The summed E-state index contributed by atoms with van der Waals surface area (Å²) in [6.45, 7) is 0.326. The first-order valence-corrected chi connectivity index (χ1v) is 6.96. The van der Waals surface area contributed by atoms with Crippen LogP contribution in [0.25, 0.3) is 0 Å². The van der Waals surface area contributed by atoms with Crippen LogP contribution < -0.4 is 15.8 Å². The zero-order valence-corrected chi connectivity index (χ0v) is 12.4. The van der Waals surface area contributed by atoms with Crippen molar-refractivity contribution in [2.45, 2.75) is 6.42 Å². The maximum absolute atomic E-state index is 11.7. The van der Waals surface area contributed by atoms with Gasteiger partial charge in [0.05, 0.1) is 13.0 Å². The van der Waals surface area contributed by atoms with Gasteiger partial charge in [-0.1, -0.05) is 15.9 Å². The standard InChI is InChI=1S/C15H15BrN2O2/c16-11-1-5-13(6-2-11)18-15(19)9-10-20-14-7-3-12(17)4-8-14/h1-8H,9-10,17H2,(H,18,19). The van der Waals surface area contributed by atoms with Crippen LogP contribution in [-0.4, -0.2) is 12.5 Å². The van der Waals surface area contributed by atoms with Crippen molar-refractivity contribution in [3.05, 3.63) is 53.0 Å². The van der Waals surface area contributed by atoms with Crippen molar-refractivity contribution in [3.63, 3.8) is 0 Å². The molecule has 5 heteroatoms. The first kappa shape index (κ1) is 14.4. The summed E-state index contributed by atoms with van der Waals surface area (Å²) < 4.78 is 6.44. The van der Waals surface area contributed by atoms with E-state index in [0.29, 0.717) is 24.5 Å². The molecule has 0 aliphatic heterocycles.